The first-order chi connectivity index (χ1) is 14.5. The first-order valence-electron chi connectivity index (χ1n) is 7.81. The smallest absolute Gasteiger partial charge is 0.780 e. The molecule has 0 saturated carbocycles. The minimum absolute atomic E-state index is 0. The maximum Gasteiger partial charge on any atom is 2.00 e. The van der Waals surface area contributed by atoms with Crippen LogP contribution in [0, 0.1) is 0 Å². The molecular formula is C12H16Mg2O19P2. The van der Waals surface area contributed by atoms with Crippen molar-refractivity contribution < 1.29 is 92.9 Å². The van der Waals surface area contributed by atoms with E-state index in [0.29, 0.717) is 0 Å². The maximum atomic E-state index is 10.9. The van der Waals surface area contributed by atoms with Crippen molar-refractivity contribution in [1.29, 1.82) is 0 Å². The van der Waals surface area contributed by atoms with Gasteiger partial charge in [0.1, 0.15) is 27.9 Å². The fourth-order valence-corrected chi connectivity index (χ4v) is 2.80. The van der Waals surface area contributed by atoms with Gasteiger partial charge in [-0.1, -0.05) is 0 Å². The number of hydrogen-bond acceptors (Lipinski definition) is 18. The summed E-state index contributed by atoms with van der Waals surface area (Å²) in [7, 11) is -11.0. The second-order valence-electron chi connectivity index (χ2n) is 5.66. The van der Waals surface area contributed by atoms with Crippen molar-refractivity contribution in [3.63, 3.8) is 0 Å². The molecule has 0 bridgehead atoms. The average Bonchev–Trinajstić information content (AvgIpc) is 3.10. The molecule has 0 amide bonds. The van der Waals surface area contributed by atoms with E-state index in [0.717, 1.165) is 0 Å². The SMILES string of the molecule is O.O=C1O[C@H]([C@@H](O)CO)C(O)=C1OP(=O)([O-])[O-].O=C1O[C@H]([C@@H](O)CO)C(O)=C1OP(=O)([O-])[O-].[Mg+2].[Mg+2]. The van der Waals surface area contributed by atoms with Gasteiger partial charge in [0.05, 0.1) is 13.2 Å². The van der Waals surface area contributed by atoms with Crippen LogP contribution in [-0.2, 0) is 37.2 Å². The van der Waals surface area contributed by atoms with E-state index < -0.39 is 88.3 Å². The molecule has 19 nitrogen and oxygen atoms in total. The van der Waals surface area contributed by atoms with E-state index in [1.807, 2.05) is 0 Å². The second-order valence-corrected chi connectivity index (χ2v) is 7.81. The van der Waals surface area contributed by atoms with Gasteiger partial charge in [0, 0.05) is 0 Å². The number of cyclic esters (lactones) is 2. The van der Waals surface area contributed by atoms with Gasteiger partial charge in [0.25, 0.3) is 11.5 Å². The molecule has 0 unspecified atom stereocenters. The van der Waals surface area contributed by atoms with Gasteiger partial charge in [0.15, 0.2) is 23.7 Å². The minimum atomic E-state index is -5.52. The van der Waals surface area contributed by atoms with Crippen LogP contribution in [0.5, 0.6) is 0 Å². The number of ether oxygens (including phenoxy) is 2. The normalized spacial score (nSPS) is 21.3. The van der Waals surface area contributed by atoms with E-state index in [4.69, 9.17) is 20.4 Å². The van der Waals surface area contributed by atoms with Crippen molar-refractivity contribution in [3.8, 4) is 0 Å². The number of phosphoric ester groups is 2. The largest absolute Gasteiger partial charge is 2.00 e. The predicted octanol–water partition coefficient (Wildman–Crippen LogP) is -7.83. The number of hydrogen-bond donors (Lipinski definition) is 6. The van der Waals surface area contributed by atoms with Crippen molar-refractivity contribution in [2.24, 2.45) is 0 Å². The molecule has 0 spiro atoms. The summed E-state index contributed by atoms with van der Waals surface area (Å²) in [5.74, 6) is -7.35. The summed E-state index contributed by atoms with van der Waals surface area (Å²) < 4.78 is 36.3. The zero-order chi connectivity index (χ0) is 25.0. The molecule has 4 atom stereocenters. The first kappa shape index (κ1) is 38.8. The number of esters is 2. The molecular weight excluding hydrogens is 559 g/mol. The summed E-state index contributed by atoms with van der Waals surface area (Å²) >= 11 is 0. The molecule has 0 aromatic rings. The van der Waals surface area contributed by atoms with E-state index in [1.54, 1.807) is 0 Å². The van der Waals surface area contributed by atoms with Crippen molar-refractivity contribution in [2.75, 3.05) is 13.2 Å². The van der Waals surface area contributed by atoms with Gasteiger partial charge in [-0.05, 0) is 0 Å². The van der Waals surface area contributed by atoms with E-state index in [-0.39, 0.29) is 51.6 Å². The molecule has 35 heavy (non-hydrogen) atoms. The third-order valence-corrected chi connectivity index (χ3v) is 4.13. The second kappa shape index (κ2) is 15.5. The molecule has 2 rings (SSSR count). The van der Waals surface area contributed by atoms with Gasteiger partial charge in [-0.3, -0.25) is 0 Å². The molecule has 8 N–H and O–H groups in total. The Kier molecular flexibility index (Phi) is 17.2. The molecule has 0 aliphatic carbocycles. The number of rotatable bonds is 8. The van der Waals surface area contributed by atoms with E-state index in [1.165, 1.54) is 0 Å². The molecule has 2 aliphatic rings. The number of carbonyl (C=O) groups excluding carboxylic acids is 2. The fraction of sp³-hybridized carbons (Fsp3) is 0.500. The van der Waals surface area contributed by atoms with Gasteiger partial charge in [-0.15, -0.1) is 0 Å². The number of aliphatic hydroxyl groups excluding tert-OH is 6. The summed E-state index contributed by atoms with van der Waals surface area (Å²) in [4.78, 5) is 62.7. The molecule has 23 heteroatoms. The van der Waals surface area contributed by atoms with Crippen LogP contribution in [0.3, 0.4) is 0 Å². The average molecular weight is 575 g/mol. The third kappa shape index (κ3) is 11.5. The van der Waals surface area contributed by atoms with E-state index in [2.05, 4.69) is 18.5 Å². The number of carbonyl (C=O) groups is 2. The Morgan fingerprint density at radius 1 is 0.771 bits per heavy atom. The van der Waals surface area contributed by atoms with Crippen LogP contribution < -0.4 is 19.6 Å². The number of phosphoric acid groups is 2. The van der Waals surface area contributed by atoms with Crippen LogP contribution in [0.1, 0.15) is 0 Å². The number of aliphatic hydroxyl groups is 6. The topological polar surface area (TPSA) is 350 Å². The minimum Gasteiger partial charge on any atom is -0.780 e. The zero-order valence-electron chi connectivity index (χ0n) is 17.1. The molecule has 0 saturated heterocycles. The molecule has 2 aliphatic heterocycles. The summed E-state index contributed by atoms with van der Waals surface area (Å²) in [6, 6.07) is 0. The van der Waals surface area contributed by atoms with Gasteiger partial charge < -0.3 is 83.3 Å². The standard InChI is InChI=1S/2C6H9O9P.2Mg.H2O/c2*7-1-2(8)4-3(9)5(6(10)14-4)15-16(11,12)13;;;/h2*2,4,7-9H,1H2,(H2,11,12,13);;;1H2/q;;2*+2;/p-4/t2*2-,4+;;;/m00.../s1. The molecule has 0 aromatic carbocycles. The molecule has 2 heterocycles. The molecule has 0 aromatic heterocycles. The third-order valence-electron chi connectivity index (χ3n) is 3.32. The Bertz CT molecular complexity index is 820. The Morgan fingerprint density at radius 3 is 1.23 bits per heavy atom. The van der Waals surface area contributed by atoms with Gasteiger partial charge in [-0.25, -0.2) is 9.59 Å². The van der Waals surface area contributed by atoms with Crippen LogP contribution >= 0.6 is 15.6 Å². The van der Waals surface area contributed by atoms with Crippen molar-refractivity contribution in [1.82, 2.24) is 0 Å². The summed E-state index contributed by atoms with van der Waals surface area (Å²) in [5.41, 5.74) is 0. The van der Waals surface area contributed by atoms with Crippen LogP contribution in [0.25, 0.3) is 0 Å². The zero-order valence-corrected chi connectivity index (χ0v) is 21.7. The Hall–Kier alpha value is -0.748. The summed E-state index contributed by atoms with van der Waals surface area (Å²) in [5, 5.41) is 53.6. The monoisotopic (exact) mass is 574 g/mol. The van der Waals surface area contributed by atoms with E-state index in [9.17, 15) is 48.5 Å². The molecule has 0 radical (unpaired) electrons. The van der Waals surface area contributed by atoms with Crippen LogP contribution in [0.4, 0.5) is 0 Å². The van der Waals surface area contributed by atoms with Gasteiger partial charge in [0.2, 0.25) is 0 Å². The van der Waals surface area contributed by atoms with Gasteiger partial charge >= 0.3 is 58.0 Å². The summed E-state index contributed by atoms with van der Waals surface area (Å²) in [6.45, 7) is -1.69. The molecule has 0 fully saturated rings. The van der Waals surface area contributed by atoms with Crippen LogP contribution in [0.2, 0.25) is 0 Å². The first-order valence-corrected chi connectivity index (χ1v) is 10.7. The Labute approximate surface area is 226 Å². The Balaban J connectivity index is -0.000000539. The molecule has 192 valence electrons. The van der Waals surface area contributed by atoms with Crippen LogP contribution in [0.15, 0.2) is 23.0 Å². The Morgan fingerprint density at radius 2 is 1.03 bits per heavy atom. The fourth-order valence-electron chi connectivity index (χ4n) is 2.02. The quantitative estimate of drug-likeness (QED) is 0.0889. The summed E-state index contributed by atoms with van der Waals surface area (Å²) in [6.07, 6.45) is -6.61. The van der Waals surface area contributed by atoms with Crippen molar-refractivity contribution in [3.05, 3.63) is 23.0 Å². The van der Waals surface area contributed by atoms with Crippen molar-refractivity contribution in [2.45, 2.75) is 24.4 Å². The van der Waals surface area contributed by atoms with Gasteiger partial charge in [-0.2, -0.15) is 0 Å². The van der Waals surface area contributed by atoms with Crippen LogP contribution in [-0.4, -0.2) is 132 Å². The van der Waals surface area contributed by atoms with Crippen molar-refractivity contribution >= 4 is 73.7 Å². The van der Waals surface area contributed by atoms with E-state index >= 15 is 0 Å². The maximum absolute atomic E-state index is 10.9. The predicted molar refractivity (Wildman–Crippen MR) is 97.8 cm³/mol.